The van der Waals surface area contributed by atoms with Gasteiger partial charge in [0.05, 0.1) is 23.3 Å². The zero-order valence-corrected chi connectivity index (χ0v) is 13.4. The Bertz CT molecular complexity index is 494. The summed E-state index contributed by atoms with van der Waals surface area (Å²) in [6.07, 6.45) is -5.18. The van der Waals surface area contributed by atoms with Gasteiger partial charge in [0.1, 0.15) is 6.61 Å². The van der Waals surface area contributed by atoms with Crippen LogP contribution in [0.1, 0.15) is 13.3 Å². The molecule has 1 atom stereocenters. The van der Waals surface area contributed by atoms with E-state index in [1.807, 2.05) is 0 Å². The summed E-state index contributed by atoms with van der Waals surface area (Å²) in [5.74, 6) is -0.971. The third kappa shape index (κ3) is 14.4. The summed E-state index contributed by atoms with van der Waals surface area (Å²) in [7, 11) is -9.80. The van der Waals surface area contributed by atoms with Gasteiger partial charge in [-0.1, -0.05) is 6.92 Å². The van der Waals surface area contributed by atoms with Gasteiger partial charge in [0, 0.05) is 11.2 Å². The summed E-state index contributed by atoms with van der Waals surface area (Å²) in [4.78, 5) is 0. The second-order valence-electron chi connectivity index (χ2n) is 4.60. The van der Waals surface area contributed by atoms with E-state index in [1.165, 1.54) is 0 Å². The van der Waals surface area contributed by atoms with Crippen molar-refractivity contribution in [3.63, 3.8) is 0 Å². The molecule has 0 rings (SSSR count). The predicted octanol–water partition coefficient (Wildman–Crippen LogP) is 0.360. The van der Waals surface area contributed by atoms with E-state index < -0.39 is 64.1 Å². The highest BCUT2D eigenvalue weighted by atomic mass is 32.3. The molecule has 4 N–H and O–H groups in total. The van der Waals surface area contributed by atoms with Gasteiger partial charge in [0.2, 0.25) is 10.4 Å². The first kappa shape index (κ1) is 23.8. The predicted molar refractivity (Wildman–Crippen MR) is 65.8 cm³/mol. The first-order valence-corrected chi connectivity index (χ1v) is 8.21. The van der Waals surface area contributed by atoms with Gasteiger partial charge in [-0.2, -0.15) is 13.2 Å². The zero-order chi connectivity index (χ0) is 16.9. The van der Waals surface area contributed by atoms with Crippen LogP contribution < -0.4 is 6.15 Å². The first-order valence-electron chi connectivity index (χ1n) is 5.30. The summed E-state index contributed by atoms with van der Waals surface area (Å²) in [6.45, 7) is -2.19. The SMILES string of the molecule is CC(CCS(=O)(=O)[O-])(COCC(F)(F)F)COS(=O)(=O)[O-].[NH4+]. The van der Waals surface area contributed by atoms with E-state index in [0.29, 0.717) is 0 Å². The van der Waals surface area contributed by atoms with Crippen LogP contribution >= 0.6 is 0 Å². The standard InChI is InChI=1S/C8H15F3O8S2.H3N/c1-7(2-3-20(12,13)14,5-19-21(15,16)17)4-18-6-8(9,10)11;/h2-6H2,1H3,(H,12,13,14)(H,15,16,17);1H3/p-1. The minimum Gasteiger partial charge on any atom is -0.748 e. The van der Waals surface area contributed by atoms with Gasteiger partial charge < -0.3 is 20.0 Å². The van der Waals surface area contributed by atoms with Gasteiger partial charge in [-0.15, -0.1) is 0 Å². The molecule has 0 aliphatic heterocycles. The van der Waals surface area contributed by atoms with E-state index in [0.717, 1.165) is 6.92 Å². The molecule has 0 radical (unpaired) electrons. The Morgan fingerprint density at radius 3 is 1.86 bits per heavy atom. The van der Waals surface area contributed by atoms with Crippen LogP contribution in [0, 0.1) is 5.41 Å². The fraction of sp³-hybridized carbons (Fsp3) is 1.00. The molecule has 0 heterocycles. The molecule has 9 nitrogen and oxygen atoms in total. The molecule has 0 aliphatic carbocycles. The molecule has 136 valence electrons. The zero-order valence-electron chi connectivity index (χ0n) is 11.8. The van der Waals surface area contributed by atoms with Crippen LogP contribution in [-0.4, -0.2) is 57.7 Å². The molecule has 0 fully saturated rings. The number of rotatable bonds is 9. The minimum atomic E-state index is -5.12. The molecular weight excluding hydrogens is 359 g/mol. The van der Waals surface area contributed by atoms with E-state index in [4.69, 9.17) is 0 Å². The van der Waals surface area contributed by atoms with Crippen molar-refractivity contribution in [2.45, 2.75) is 19.5 Å². The molecule has 0 saturated heterocycles. The molecule has 0 aromatic carbocycles. The molecule has 22 heavy (non-hydrogen) atoms. The highest BCUT2D eigenvalue weighted by Crippen LogP contribution is 2.25. The topological polar surface area (TPSA) is 169 Å². The number of alkyl halides is 3. The Morgan fingerprint density at radius 1 is 1.00 bits per heavy atom. The van der Waals surface area contributed by atoms with E-state index >= 15 is 0 Å². The summed E-state index contributed by atoms with van der Waals surface area (Å²) in [6, 6.07) is 0. The summed E-state index contributed by atoms with van der Waals surface area (Å²) >= 11 is 0. The van der Waals surface area contributed by atoms with Gasteiger partial charge in [-0.25, -0.2) is 16.8 Å². The number of ether oxygens (including phenoxy) is 1. The Labute approximate surface area is 126 Å². The highest BCUT2D eigenvalue weighted by Gasteiger charge is 2.32. The quantitative estimate of drug-likeness (QED) is 0.444. The number of hydrogen-bond donors (Lipinski definition) is 1. The van der Waals surface area contributed by atoms with E-state index in [2.05, 4.69) is 8.92 Å². The average molecular weight is 376 g/mol. The van der Waals surface area contributed by atoms with Crippen molar-refractivity contribution in [3.05, 3.63) is 0 Å². The second kappa shape index (κ2) is 8.37. The molecule has 0 aliphatic rings. The third-order valence-corrected chi connectivity index (χ3v) is 3.33. The van der Waals surface area contributed by atoms with Crippen LogP contribution in [0.15, 0.2) is 0 Å². The van der Waals surface area contributed by atoms with Crippen molar-refractivity contribution in [1.82, 2.24) is 6.15 Å². The Morgan fingerprint density at radius 2 is 1.50 bits per heavy atom. The van der Waals surface area contributed by atoms with Crippen molar-refractivity contribution < 1.29 is 48.0 Å². The Kier molecular flexibility index (Phi) is 9.04. The fourth-order valence-electron chi connectivity index (χ4n) is 1.18. The van der Waals surface area contributed by atoms with Crippen molar-refractivity contribution in [2.24, 2.45) is 5.41 Å². The lowest BCUT2D eigenvalue weighted by Crippen LogP contribution is -2.34. The summed E-state index contributed by atoms with van der Waals surface area (Å²) in [5, 5.41) is 0. The maximum atomic E-state index is 11.9. The van der Waals surface area contributed by atoms with Crippen LogP contribution in [0.5, 0.6) is 0 Å². The van der Waals surface area contributed by atoms with E-state index in [-0.39, 0.29) is 6.15 Å². The fourth-order valence-corrected chi connectivity index (χ4v) is 2.36. The number of quaternary nitrogens is 1. The number of halogens is 3. The first-order chi connectivity index (χ1) is 9.12. The van der Waals surface area contributed by atoms with Crippen molar-refractivity contribution in [3.8, 4) is 0 Å². The molecule has 1 unspecified atom stereocenters. The molecule has 0 spiro atoms. The largest absolute Gasteiger partial charge is 0.748 e. The maximum absolute atomic E-state index is 11.9. The normalized spacial score (nSPS) is 15.9. The van der Waals surface area contributed by atoms with Crippen LogP contribution in [-0.2, 0) is 29.4 Å². The van der Waals surface area contributed by atoms with Crippen LogP contribution in [0.25, 0.3) is 0 Å². The van der Waals surface area contributed by atoms with Crippen molar-refractivity contribution in [2.75, 3.05) is 25.6 Å². The molecule has 0 amide bonds. The van der Waals surface area contributed by atoms with Gasteiger partial charge in [0.25, 0.3) is 0 Å². The minimum absolute atomic E-state index is 0. The van der Waals surface area contributed by atoms with Crippen LogP contribution in [0.4, 0.5) is 13.2 Å². The van der Waals surface area contributed by atoms with Gasteiger partial charge in [0.15, 0.2) is 0 Å². The highest BCUT2D eigenvalue weighted by molar-refractivity contribution is 7.85. The maximum Gasteiger partial charge on any atom is 0.411 e. The molecular formula is C8H17F3NO8S2-. The van der Waals surface area contributed by atoms with E-state index in [9.17, 15) is 39.1 Å². The van der Waals surface area contributed by atoms with Crippen LogP contribution in [0.3, 0.4) is 0 Å². The average Bonchev–Trinajstić information content (AvgIpc) is 2.20. The molecule has 0 aromatic heterocycles. The van der Waals surface area contributed by atoms with Crippen molar-refractivity contribution in [1.29, 1.82) is 0 Å². The Hall–Kier alpha value is -0.510. The summed E-state index contributed by atoms with van der Waals surface area (Å²) < 4.78 is 107. The Balaban J connectivity index is 0. The molecule has 14 heteroatoms. The van der Waals surface area contributed by atoms with E-state index in [1.54, 1.807) is 0 Å². The van der Waals surface area contributed by atoms with Crippen molar-refractivity contribution >= 4 is 20.5 Å². The third-order valence-electron chi connectivity index (χ3n) is 2.22. The van der Waals surface area contributed by atoms with Gasteiger partial charge in [-0.05, 0) is 6.42 Å². The van der Waals surface area contributed by atoms with Crippen LogP contribution in [0.2, 0.25) is 0 Å². The van der Waals surface area contributed by atoms with Gasteiger partial charge in [-0.3, -0.25) is 4.18 Å². The second-order valence-corrected chi connectivity index (χ2v) is 7.18. The number of hydrogen-bond acceptors (Lipinski definition) is 8. The van der Waals surface area contributed by atoms with Gasteiger partial charge >= 0.3 is 6.18 Å². The summed E-state index contributed by atoms with van der Waals surface area (Å²) in [5.41, 5.74) is -1.57. The molecule has 0 aromatic rings. The molecule has 0 saturated carbocycles. The lowest BCUT2D eigenvalue weighted by molar-refractivity contribution is -0.181. The smallest absolute Gasteiger partial charge is 0.411 e. The lowest BCUT2D eigenvalue weighted by atomic mass is 9.90. The molecule has 0 bridgehead atoms. The monoisotopic (exact) mass is 376 g/mol. The lowest BCUT2D eigenvalue weighted by Gasteiger charge is -2.30.